The predicted octanol–water partition coefficient (Wildman–Crippen LogP) is 2.80. The van der Waals surface area contributed by atoms with Gasteiger partial charge in [-0.25, -0.2) is 13.2 Å². The Morgan fingerprint density at radius 3 is 2.43 bits per heavy atom. The predicted molar refractivity (Wildman–Crippen MR) is 106 cm³/mol. The molecular weight excluding hydrogens is 378 g/mol. The van der Waals surface area contributed by atoms with Crippen LogP contribution in [0.25, 0.3) is 0 Å². The lowest BCUT2D eigenvalue weighted by Gasteiger charge is -2.36. The third kappa shape index (κ3) is 4.32. The van der Waals surface area contributed by atoms with E-state index in [1.54, 1.807) is 66.7 Å². The SMILES string of the molecule is COC[C@H]1[C@H](OC(=O)c2ccccc2)C=CCN1S(=O)(=O)c1ccc(C)cc1. The molecule has 2 aromatic carbocycles. The van der Waals surface area contributed by atoms with Crippen LogP contribution in [0.2, 0.25) is 0 Å². The van der Waals surface area contributed by atoms with Gasteiger partial charge in [-0.2, -0.15) is 4.31 Å². The van der Waals surface area contributed by atoms with Crippen molar-refractivity contribution in [1.29, 1.82) is 0 Å². The summed E-state index contributed by atoms with van der Waals surface area (Å²) in [6.07, 6.45) is 2.66. The molecule has 0 aromatic heterocycles. The maximum absolute atomic E-state index is 13.2. The van der Waals surface area contributed by atoms with Crippen LogP contribution in [0.15, 0.2) is 71.6 Å². The van der Waals surface area contributed by atoms with Crippen LogP contribution in [-0.4, -0.2) is 51.1 Å². The molecule has 3 rings (SSSR count). The molecule has 2 aromatic rings. The molecule has 1 aliphatic heterocycles. The van der Waals surface area contributed by atoms with Gasteiger partial charge in [-0.1, -0.05) is 42.0 Å². The van der Waals surface area contributed by atoms with E-state index in [4.69, 9.17) is 9.47 Å². The third-order valence-electron chi connectivity index (χ3n) is 4.58. The molecule has 0 fully saturated rings. The number of hydrogen-bond donors (Lipinski definition) is 0. The molecule has 0 amide bonds. The summed E-state index contributed by atoms with van der Waals surface area (Å²) in [6, 6.07) is 14.6. The van der Waals surface area contributed by atoms with Gasteiger partial charge in [0.1, 0.15) is 6.10 Å². The zero-order valence-electron chi connectivity index (χ0n) is 15.8. The fourth-order valence-corrected chi connectivity index (χ4v) is 4.65. The van der Waals surface area contributed by atoms with E-state index in [0.717, 1.165) is 5.56 Å². The topological polar surface area (TPSA) is 72.9 Å². The van der Waals surface area contributed by atoms with Gasteiger partial charge >= 0.3 is 5.97 Å². The number of benzene rings is 2. The molecule has 7 heteroatoms. The molecule has 6 nitrogen and oxygen atoms in total. The van der Waals surface area contributed by atoms with E-state index in [-0.39, 0.29) is 18.0 Å². The van der Waals surface area contributed by atoms with Gasteiger partial charge in [-0.3, -0.25) is 0 Å². The number of ether oxygens (including phenoxy) is 2. The number of sulfonamides is 1. The minimum absolute atomic E-state index is 0.0994. The van der Waals surface area contributed by atoms with Crippen molar-refractivity contribution < 1.29 is 22.7 Å². The van der Waals surface area contributed by atoms with Gasteiger partial charge in [-0.15, -0.1) is 0 Å². The van der Waals surface area contributed by atoms with Gasteiger partial charge < -0.3 is 9.47 Å². The summed E-state index contributed by atoms with van der Waals surface area (Å²) in [4.78, 5) is 12.7. The highest BCUT2D eigenvalue weighted by atomic mass is 32.2. The summed E-state index contributed by atoms with van der Waals surface area (Å²) < 4.78 is 38.5. The van der Waals surface area contributed by atoms with Crippen LogP contribution in [0.1, 0.15) is 15.9 Å². The quantitative estimate of drug-likeness (QED) is 0.550. The number of nitrogens with zero attached hydrogens (tertiary/aromatic N) is 1. The van der Waals surface area contributed by atoms with Crippen LogP contribution in [0, 0.1) is 6.92 Å². The van der Waals surface area contributed by atoms with E-state index in [1.165, 1.54) is 11.4 Å². The van der Waals surface area contributed by atoms with Crippen molar-refractivity contribution in [2.75, 3.05) is 20.3 Å². The fraction of sp³-hybridized carbons (Fsp3) is 0.286. The minimum Gasteiger partial charge on any atom is -0.453 e. The van der Waals surface area contributed by atoms with E-state index in [1.807, 2.05) is 6.92 Å². The van der Waals surface area contributed by atoms with Gasteiger partial charge in [0.25, 0.3) is 0 Å². The Bertz CT molecular complexity index is 939. The molecule has 28 heavy (non-hydrogen) atoms. The van der Waals surface area contributed by atoms with E-state index in [2.05, 4.69) is 0 Å². The number of esters is 1. The lowest BCUT2D eigenvalue weighted by molar-refractivity contribution is 0.00853. The lowest BCUT2D eigenvalue weighted by atomic mass is 10.1. The van der Waals surface area contributed by atoms with Crippen molar-refractivity contribution >= 4 is 16.0 Å². The van der Waals surface area contributed by atoms with Crippen molar-refractivity contribution in [3.63, 3.8) is 0 Å². The number of rotatable bonds is 6. The minimum atomic E-state index is -3.77. The first-order chi connectivity index (χ1) is 13.4. The fourth-order valence-electron chi connectivity index (χ4n) is 3.08. The first kappa shape index (κ1) is 20.3. The largest absolute Gasteiger partial charge is 0.453 e. The van der Waals surface area contributed by atoms with Crippen LogP contribution >= 0.6 is 0 Å². The number of carbonyl (C=O) groups excluding carboxylic acids is 1. The Morgan fingerprint density at radius 2 is 1.79 bits per heavy atom. The molecule has 1 aliphatic rings. The zero-order valence-corrected chi connectivity index (χ0v) is 16.6. The summed E-state index contributed by atoms with van der Waals surface area (Å²) in [5, 5.41) is 0. The second kappa shape index (κ2) is 8.68. The highest BCUT2D eigenvalue weighted by Gasteiger charge is 2.39. The molecule has 0 unspecified atom stereocenters. The Morgan fingerprint density at radius 1 is 1.11 bits per heavy atom. The van der Waals surface area contributed by atoms with Crippen molar-refractivity contribution in [3.8, 4) is 0 Å². The molecule has 0 bridgehead atoms. The molecule has 1 heterocycles. The summed E-state index contributed by atoms with van der Waals surface area (Å²) in [5.41, 5.74) is 1.38. The Balaban J connectivity index is 1.87. The standard InChI is InChI=1S/C21H23NO5S/c1-16-10-12-18(13-11-16)28(24,25)22-14-6-9-20(19(22)15-26-2)27-21(23)17-7-4-3-5-8-17/h3-13,19-20H,14-15H2,1-2H3/t19-,20+/m0/s1. The zero-order chi connectivity index (χ0) is 20.1. The van der Waals surface area contributed by atoms with E-state index >= 15 is 0 Å². The van der Waals surface area contributed by atoms with Gasteiger partial charge in [0.05, 0.1) is 23.1 Å². The highest BCUT2D eigenvalue weighted by Crippen LogP contribution is 2.25. The number of hydrogen-bond acceptors (Lipinski definition) is 5. The summed E-state index contributed by atoms with van der Waals surface area (Å²) in [7, 11) is -2.28. The first-order valence-corrected chi connectivity index (χ1v) is 10.4. The molecule has 148 valence electrons. The average molecular weight is 401 g/mol. The number of carbonyl (C=O) groups is 1. The van der Waals surface area contributed by atoms with Crippen molar-refractivity contribution in [2.45, 2.75) is 24.0 Å². The normalized spacial score (nSPS) is 20.1. The Kier molecular flexibility index (Phi) is 6.28. The second-order valence-corrected chi connectivity index (χ2v) is 8.47. The molecule has 0 spiro atoms. The molecule has 0 saturated carbocycles. The van der Waals surface area contributed by atoms with Crippen LogP contribution in [-0.2, 0) is 19.5 Å². The van der Waals surface area contributed by atoms with E-state index in [0.29, 0.717) is 5.56 Å². The maximum atomic E-state index is 13.2. The van der Waals surface area contributed by atoms with Crippen molar-refractivity contribution in [3.05, 3.63) is 77.9 Å². The highest BCUT2D eigenvalue weighted by molar-refractivity contribution is 7.89. The first-order valence-electron chi connectivity index (χ1n) is 8.93. The molecule has 0 saturated heterocycles. The lowest BCUT2D eigenvalue weighted by Crippen LogP contribution is -2.52. The van der Waals surface area contributed by atoms with Crippen LogP contribution in [0.5, 0.6) is 0 Å². The average Bonchev–Trinajstić information content (AvgIpc) is 2.70. The summed E-state index contributed by atoms with van der Waals surface area (Å²) in [6.45, 7) is 2.18. The Labute approximate surface area is 165 Å². The molecule has 0 aliphatic carbocycles. The van der Waals surface area contributed by atoms with E-state index in [9.17, 15) is 13.2 Å². The molecule has 2 atom stereocenters. The summed E-state index contributed by atoms with van der Waals surface area (Å²) >= 11 is 0. The Hall–Kier alpha value is -2.48. The number of methoxy groups -OCH3 is 1. The van der Waals surface area contributed by atoms with Crippen LogP contribution in [0.3, 0.4) is 0 Å². The van der Waals surface area contributed by atoms with Crippen LogP contribution < -0.4 is 0 Å². The van der Waals surface area contributed by atoms with E-state index < -0.39 is 28.1 Å². The monoisotopic (exact) mass is 401 g/mol. The van der Waals surface area contributed by atoms with Crippen molar-refractivity contribution in [1.82, 2.24) is 4.31 Å². The summed E-state index contributed by atoms with van der Waals surface area (Å²) in [5.74, 6) is -0.508. The maximum Gasteiger partial charge on any atom is 0.338 e. The second-order valence-electron chi connectivity index (χ2n) is 6.57. The van der Waals surface area contributed by atoms with Crippen LogP contribution in [0.4, 0.5) is 0 Å². The van der Waals surface area contributed by atoms with Gasteiger partial charge in [0, 0.05) is 13.7 Å². The van der Waals surface area contributed by atoms with Gasteiger partial charge in [0.2, 0.25) is 10.0 Å². The number of aryl methyl sites for hydroxylation is 1. The third-order valence-corrected chi connectivity index (χ3v) is 6.48. The molecule has 0 radical (unpaired) electrons. The molecular formula is C21H23NO5S. The molecule has 0 N–H and O–H groups in total. The smallest absolute Gasteiger partial charge is 0.338 e. The van der Waals surface area contributed by atoms with Crippen molar-refractivity contribution in [2.24, 2.45) is 0 Å². The van der Waals surface area contributed by atoms with Gasteiger partial charge in [-0.05, 0) is 37.3 Å². The van der Waals surface area contributed by atoms with Gasteiger partial charge in [0.15, 0.2) is 0 Å².